The summed E-state index contributed by atoms with van der Waals surface area (Å²) in [6.07, 6.45) is 3.91. The first-order chi connectivity index (χ1) is 9.15. The third-order valence-corrected chi connectivity index (χ3v) is 2.74. The number of carbonyl (C=O) groups excluding carboxylic acids is 1. The van der Waals surface area contributed by atoms with Gasteiger partial charge in [0.05, 0.1) is 6.61 Å². The second kappa shape index (κ2) is 8.35. The van der Waals surface area contributed by atoms with Gasteiger partial charge in [-0.2, -0.15) is 0 Å². The fourth-order valence-electron chi connectivity index (χ4n) is 1.69. The minimum Gasteiger partial charge on any atom is -0.493 e. The molecule has 0 aliphatic rings. The molecular weight excluding hydrogens is 240 g/mol. The molecule has 0 saturated carbocycles. The average Bonchev–Trinajstić information content (AvgIpc) is 2.41. The maximum Gasteiger partial charge on any atom is 0.330 e. The molecule has 1 atom stereocenters. The number of hydrogen-bond acceptors (Lipinski definition) is 3. The molecule has 1 aromatic rings. The predicted molar refractivity (Wildman–Crippen MR) is 76.3 cm³/mol. The zero-order valence-corrected chi connectivity index (χ0v) is 11.7. The lowest BCUT2D eigenvalue weighted by Crippen LogP contribution is -2.16. The highest BCUT2D eigenvalue weighted by Crippen LogP contribution is 2.14. The number of benzene rings is 1. The smallest absolute Gasteiger partial charge is 0.330 e. The minimum atomic E-state index is -0.392. The first kappa shape index (κ1) is 15.3. The van der Waals surface area contributed by atoms with Crippen LogP contribution in [0.25, 0.3) is 0 Å². The molecule has 0 N–H and O–H groups in total. The molecule has 0 amide bonds. The van der Waals surface area contributed by atoms with Crippen molar-refractivity contribution in [3.63, 3.8) is 0 Å². The lowest BCUT2D eigenvalue weighted by atomic mass is 10.1. The Labute approximate surface area is 115 Å². The topological polar surface area (TPSA) is 35.5 Å². The van der Waals surface area contributed by atoms with Crippen molar-refractivity contribution in [2.45, 2.75) is 39.2 Å². The van der Waals surface area contributed by atoms with Gasteiger partial charge in [-0.3, -0.25) is 0 Å². The van der Waals surface area contributed by atoms with Crippen LogP contribution in [-0.2, 0) is 16.0 Å². The van der Waals surface area contributed by atoms with Crippen molar-refractivity contribution < 1.29 is 14.3 Å². The van der Waals surface area contributed by atoms with Crippen molar-refractivity contribution in [1.82, 2.24) is 0 Å². The van der Waals surface area contributed by atoms with Crippen molar-refractivity contribution >= 4 is 5.97 Å². The van der Waals surface area contributed by atoms with E-state index in [1.807, 2.05) is 19.1 Å². The molecule has 0 fully saturated rings. The first-order valence-corrected chi connectivity index (χ1v) is 6.70. The number of rotatable bonds is 8. The Morgan fingerprint density at radius 2 is 2.05 bits per heavy atom. The van der Waals surface area contributed by atoms with Crippen molar-refractivity contribution in [2.24, 2.45) is 0 Å². The van der Waals surface area contributed by atoms with E-state index in [-0.39, 0.29) is 6.10 Å². The Balaban J connectivity index is 2.28. The van der Waals surface area contributed by atoms with Gasteiger partial charge < -0.3 is 9.47 Å². The lowest BCUT2D eigenvalue weighted by molar-refractivity contribution is -0.142. The molecule has 0 heterocycles. The summed E-state index contributed by atoms with van der Waals surface area (Å²) in [7, 11) is 0. The molecule has 1 rings (SSSR count). The molecule has 0 spiro atoms. The molecule has 0 saturated heterocycles. The van der Waals surface area contributed by atoms with E-state index in [0.29, 0.717) is 13.0 Å². The molecule has 1 unspecified atom stereocenters. The molecule has 19 heavy (non-hydrogen) atoms. The summed E-state index contributed by atoms with van der Waals surface area (Å²) < 4.78 is 10.7. The van der Waals surface area contributed by atoms with Crippen molar-refractivity contribution in [3.8, 4) is 5.75 Å². The molecule has 0 radical (unpaired) electrons. The van der Waals surface area contributed by atoms with Crippen LogP contribution in [0.4, 0.5) is 0 Å². The van der Waals surface area contributed by atoms with E-state index in [1.165, 1.54) is 11.6 Å². The van der Waals surface area contributed by atoms with Gasteiger partial charge in [0.1, 0.15) is 11.9 Å². The molecule has 3 heteroatoms. The lowest BCUT2D eigenvalue weighted by Gasteiger charge is -2.12. The molecule has 0 bridgehead atoms. The van der Waals surface area contributed by atoms with Crippen LogP contribution in [0.3, 0.4) is 0 Å². The number of hydrogen-bond donors (Lipinski definition) is 0. The van der Waals surface area contributed by atoms with Gasteiger partial charge in [-0.05, 0) is 31.0 Å². The van der Waals surface area contributed by atoms with Gasteiger partial charge in [0, 0.05) is 12.5 Å². The number of aryl methyl sites for hydroxylation is 1. The summed E-state index contributed by atoms with van der Waals surface area (Å²) in [5.41, 5.74) is 1.32. The van der Waals surface area contributed by atoms with Crippen LogP contribution in [0.2, 0.25) is 0 Å². The highest BCUT2D eigenvalue weighted by Gasteiger charge is 2.06. The minimum absolute atomic E-state index is 0.162. The monoisotopic (exact) mass is 262 g/mol. The fourth-order valence-corrected chi connectivity index (χ4v) is 1.69. The number of ether oxygens (including phenoxy) is 2. The van der Waals surface area contributed by atoms with Crippen LogP contribution in [0.15, 0.2) is 36.9 Å². The van der Waals surface area contributed by atoms with Crippen LogP contribution < -0.4 is 4.74 Å². The normalized spacial score (nSPS) is 11.7. The van der Waals surface area contributed by atoms with Crippen LogP contribution in [-0.4, -0.2) is 18.7 Å². The predicted octanol–water partition coefficient (Wildman–Crippen LogP) is 3.53. The van der Waals surface area contributed by atoms with Crippen LogP contribution in [0.1, 0.15) is 32.3 Å². The molecule has 3 nitrogen and oxygen atoms in total. The third-order valence-electron chi connectivity index (χ3n) is 2.74. The third kappa shape index (κ3) is 6.09. The summed E-state index contributed by atoms with van der Waals surface area (Å²) in [5, 5.41) is 0. The van der Waals surface area contributed by atoms with E-state index in [9.17, 15) is 4.79 Å². The van der Waals surface area contributed by atoms with Crippen molar-refractivity contribution in [1.29, 1.82) is 0 Å². The van der Waals surface area contributed by atoms with Gasteiger partial charge in [0.2, 0.25) is 0 Å². The summed E-state index contributed by atoms with van der Waals surface area (Å²) >= 11 is 0. The van der Waals surface area contributed by atoms with E-state index in [1.54, 1.807) is 0 Å². The highest BCUT2D eigenvalue weighted by molar-refractivity contribution is 5.81. The Morgan fingerprint density at radius 1 is 1.37 bits per heavy atom. The van der Waals surface area contributed by atoms with E-state index in [4.69, 9.17) is 9.47 Å². The summed E-state index contributed by atoms with van der Waals surface area (Å²) in [6, 6.07) is 8.12. The quantitative estimate of drug-likeness (QED) is 0.531. The Bertz CT molecular complexity index is 395. The van der Waals surface area contributed by atoms with Gasteiger partial charge >= 0.3 is 5.97 Å². The SMILES string of the molecule is C=CC(=O)OC(C)CCOc1ccc(CCC)cc1. The molecule has 1 aromatic carbocycles. The Morgan fingerprint density at radius 3 is 2.63 bits per heavy atom. The average molecular weight is 262 g/mol. The second-order valence-electron chi connectivity index (χ2n) is 4.48. The molecule has 0 aliphatic heterocycles. The standard InChI is InChI=1S/C16H22O3/c1-4-6-14-7-9-15(10-8-14)18-12-11-13(3)19-16(17)5-2/h5,7-10,13H,2,4,6,11-12H2,1,3H3. The first-order valence-electron chi connectivity index (χ1n) is 6.70. The van der Waals surface area contributed by atoms with Crippen LogP contribution in [0, 0.1) is 0 Å². The maximum atomic E-state index is 11.0. The maximum absolute atomic E-state index is 11.0. The highest BCUT2D eigenvalue weighted by atomic mass is 16.5. The molecule has 0 aliphatic carbocycles. The van der Waals surface area contributed by atoms with Crippen LogP contribution in [0.5, 0.6) is 5.75 Å². The fraction of sp³-hybridized carbons (Fsp3) is 0.438. The van der Waals surface area contributed by atoms with E-state index in [2.05, 4.69) is 25.6 Å². The summed E-state index contributed by atoms with van der Waals surface area (Å²) in [5.74, 6) is 0.457. The Hall–Kier alpha value is -1.77. The van der Waals surface area contributed by atoms with Crippen LogP contribution >= 0.6 is 0 Å². The zero-order valence-electron chi connectivity index (χ0n) is 11.7. The molecule has 0 aromatic heterocycles. The van der Waals surface area contributed by atoms with E-state index in [0.717, 1.165) is 18.6 Å². The summed E-state index contributed by atoms with van der Waals surface area (Å²) in [6.45, 7) is 7.89. The largest absolute Gasteiger partial charge is 0.493 e. The second-order valence-corrected chi connectivity index (χ2v) is 4.48. The Kier molecular flexibility index (Phi) is 6.72. The van der Waals surface area contributed by atoms with Crippen molar-refractivity contribution in [2.75, 3.05) is 6.61 Å². The van der Waals surface area contributed by atoms with Gasteiger partial charge in [-0.25, -0.2) is 4.79 Å². The van der Waals surface area contributed by atoms with Crippen molar-refractivity contribution in [3.05, 3.63) is 42.5 Å². The van der Waals surface area contributed by atoms with E-state index >= 15 is 0 Å². The van der Waals surface area contributed by atoms with Gasteiger partial charge in [0.15, 0.2) is 0 Å². The zero-order chi connectivity index (χ0) is 14.1. The number of esters is 1. The summed E-state index contributed by atoms with van der Waals surface area (Å²) in [4.78, 5) is 11.0. The number of carbonyl (C=O) groups is 1. The molecular formula is C16H22O3. The van der Waals surface area contributed by atoms with Gasteiger partial charge in [-0.1, -0.05) is 32.1 Å². The van der Waals surface area contributed by atoms with E-state index < -0.39 is 5.97 Å². The molecule has 104 valence electrons. The van der Waals surface area contributed by atoms with Gasteiger partial charge in [0.25, 0.3) is 0 Å². The van der Waals surface area contributed by atoms with Gasteiger partial charge in [-0.15, -0.1) is 0 Å².